The van der Waals surface area contributed by atoms with Crippen LogP contribution in [0.25, 0.3) is 0 Å². The van der Waals surface area contributed by atoms with E-state index in [0.29, 0.717) is 30.0 Å². The molecule has 6 nitrogen and oxygen atoms in total. The molecule has 2 fully saturated rings. The van der Waals surface area contributed by atoms with Gasteiger partial charge in [-0.15, -0.1) is 0 Å². The summed E-state index contributed by atoms with van der Waals surface area (Å²) in [6.45, 7) is 4.73. The molecule has 1 saturated heterocycles. The van der Waals surface area contributed by atoms with E-state index in [1.165, 1.54) is 12.8 Å². The molecule has 0 spiro atoms. The second-order valence-electron chi connectivity index (χ2n) is 6.40. The van der Waals surface area contributed by atoms with E-state index in [9.17, 15) is 4.79 Å². The Morgan fingerprint density at radius 2 is 2.38 bits per heavy atom. The fraction of sp³-hybridized carbons (Fsp3) is 0.733. The number of nitrogens with two attached hydrogens (primary N) is 1. The number of fused-ring (bicyclic) bond motifs is 1. The number of rotatable bonds is 4. The molecule has 1 aromatic heterocycles. The van der Waals surface area contributed by atoms with Crippen LogP contribution >= 0.6 is 0 Å². The fourth-order valence-corrected chi connectivity index (χ4v) is 3.68. The van der Waals surface area contributed by atoms with Gasteiger partial charge in [-0.3, -0.25) is 4.79 Å². The minimum absolute atomic E-state index is 0.0116. The van der Waals surface area contributed by atoms with Crippen LogP contribution in [0.15, 0.2) is 10.6 Å². The first kappa shape index (κ1) is 14.5. The zero-order chi connectivity index (χ0) is 14.8. The number of anilines is 1. The lowest BCUT2D eigenvalue weighted by Crippen LogP contribution is -2.38. The average Bonchev–Trinajstić information content (AvgIpc) is 3.03. The van der Waals surface area contributed by atoms with E-state index in [1.54, 1.807) is 13.0 Å². The predicted molar refractivity (Wildman–Crippen MR) is 79.7 cm³/mol. The van der Waals surface area contributed by atoms with Gasteiger partial charge in [0.1, 0.15) is 5.76 Å². The maximum Gasteiger partial charge on any atom is 0.226 e. The van der Waals surface area contributed by atoms with E-state index >= 15 is 0 Å². The number of likely N-dealkylation sites (tertiary alicyclic amines) is 1. The Morgan fingerprint density at radius 3 is 3.10 bits per heavy atom. The molecule has 1 aliphatic carbocycles. The normalized spacial score (nSPS) is 29.3. The molecule has 1 amide bonds. The molecule has 0 bridgehead atoms. The van der Waals surface area contributed by atoms with Gasteiger partial charge in [0.15, 0.2) is 5.82 Å². The van der Waals surface area contributed by atoms with Crippen LogP contribution in [0.1, 0.15) is 31.4 Å². The zero-order valence-electron chi connectivity index (χ0n) is 12.5. The van der Waals surface area contributed by atoms with E-state index in [-0.39, 0.29) is 5.91 Å². The van der Waals surface area contributed by atoms with Gasteiger partial charge in [-0.25, -0.2) is 0 Å². The smallest absolute Gasteiger partial charge is 0.226 e. The zero-order valence-corrected chi connectivity index (χ0v) is 12.5. The van der Waals surface area contributed by atoms with Crippen LogP contribution in [0, 0.1) is 18.8 Å². The van der Waals surface area contributed by atoms with Gasteiger partial charge in [0.05, 0.1) is 0 Å². The summed E-state index contributed by atoms with van der Waals surface area (Å²) in [5, 5.41) is 6.53. The van der Waals surface area contributed by atoms with Crippen molar-refractivity contribution in [1.82, 2.24) is 10.1 Å². The molecule has 3 atom stereocenters. The third kappa shape index (κ3) is 3.44. The number of carbonyl (C=O) groups excluding carboxylic acids is 1. The predicted octanol–water partition coefficient (Wildman–Crippen LogP) is 1.37. The monoisotopic (exact) mass is 292 g/mol. The van der Waals surface area contributed by atoms with Crippen molar-refractivity contribution in [3.63, 3.8) is 0 Å². The van der Waals surface area contributed by atoms with Gasteiger partial charge in [-0.05, 0) is 31.6 Å². The third-order valence-electron chi connectivity index (χ3n) is 4.78. The summed E-state index contributed by atoms with van der Waals surface area (Å²) in [5.74, 6) is 2.54. The molecule has 3 rings (SSSR count). The van der Waals surface area contributed by atoms with Crippen LogP contribution in [0.4, 0.5) is 5.82 Å². The maximum atomic E-state index is 11.9. The van der Waals surface area contributed by atoms with Crippen molar-refractivity contribution < 1.29 is 9.32 Å². The summed E-state index contributed by atoms with van der Waals surface area (Å²) in [6.07, 6.45) is 4.18. The molecule has 0 aromatic carbocycles. The lowest BCUT2D eigenvalue weighted by Gasteiger charge is -2.29. The van der Waals surface area contributed by atoms with Gasteiger partial charge in [0.2, 0.25) is 5.91 Å². The van der Waals surface area contributed by atoms with E-state index in [1.807, 2.05) is 0 Å². The molecular weight excluding hydrogens is 268 g/mol. The van der Waals surface area contributed by atoms with Gasteiger partial charge in [0, 0.05) is 38.2 Å². The summed E-state index contributed by atoms with van der Waals surface area (Å²) in [5.41, 5.74) is 6.22. The topological polar surface area (TPSA) is 84.4 Å². The Labute approximate surface area is 125 Å². The minimum Gasteiger partial charge on any atom is -0.360 e. The summed E-state index contributed by atoms with van der Waals surface area (Å²) in [6, 6.07) is 2.07. The Balaban J connectivity index is 1.44. The molecule has 2 heterocycles. The Bertz CT molecular complexity index is 502. The lowest BCUT2D eigenvalue weighted by atomic mass is 9.78. The Morgan fingerprint density at radius 1 is 1.52 bits per heavy atom. The summed E-state index contributed by atoms with van der Waals surface area (Å²) >= 11 is 0. The van der Waals surface area contributed by atoms with E-state index in [4.69, 9.17) is 10.3 Å². The van der Waals surface area contributed by atoms with Crippen molar-refractivity contribution in [2.45, 2.75) is 38.6 Å². The van der Waals surface area contributed by atoms with Crippen molar-refractivity contribution in [3.8, 4) is 0 Å². The van der Waals surface area contributed by atoms with E-state index < -0.39 is 0 Å². The molecule has 2 aliphatic rings. The first-order valence-corrected chi connectivity index (χ1v) is 7.83. The molecule has 0 radical (unpaired) electrons. The molecule has 1 saturated carbocycles. The molecule has 3 unspecified atom stereocenters. The molecular formula is C15H24N4O2. The van der Waals surface area contributed by atoms with Crippen molar-refractivity contribution >= 4 is 11.7 Å². The quantitative estimate of drug-likeness (QED) is 0.875. The number of hydrogen-bond acceptors (Lipinski definition) is 5. The van der Waals surface area contributed by atoms with Crippen molar-refractivity contribution in [2.75, 3.05) is 25.0 Å². The molecule has 6 heteroatoms. The third-order valence-corrected chi connectivity index (χ3v) is 4.78. The number of aryl methyl sites for hydroxylation is 1. The van der Waals surface area contributed by atoms with Gasteiger partial charge in [-0.2, -0.15) is 0 Å². The van der Waals surface area contributed by atoms with E-state index in [0.717, 1.165) is 32.0 Å². The van der Waals surface area contributed by atoms with Gasteiger partial charge >= 0.3 is 0 Å². The highest BCUT2D eigenvalue weighted by Crippen LogP contribution is 2.35. The number of aromatic nitrogens is 1. The molecule has 1 aliphatic heterocycles. The highest BCUT2D eigenvalue weighted by atomic mass is 16.5. The van der Waals surface area contributed by atoms with Gasteiger partial charge in [0.25, 0.3) is 0 Å². The van der Waals surface area contributed by atoms with Crippen LogP contribution in [-0.4, -0.2) is 41.6 Å². The lowest BCUT2D eigenvalue weighted by molar-refractivity contribution is -0.116. The van der Waals surface area contributed by atoms with Crippen molar-refractivity contribution in [2.24, 2.45) is 17.6 Å². The first-order valence-electron chi connectivity index (χ1n) is 7.83. The Kier molecular flexibility index (Phi) is 4.26. The van der Waals surface area contributed by atoms with Crippen LogP contribution in [0.3, 0.4) is 0 Å². The molecule has 3 N–H and O–H groups in total. The van der Waals surface area contributed by atoms with Crippen LogP contribution in [0.5, 0.6) is 0 Å². The van der Waals surface area contributed by atoms with Crippen molar-refractivity contribution in [1.29, 1.82) is 0 Å². The number of nitrogens with one attached hydrogen (secondary N) is 1. The van der Waals surface area contributed by atoms with Crippen LogP contribution in [-0.2, 0) is 4.79 Å². The fourth-order valence-electron chi connectivity index (χ4n) is 3.68. The number of nitrogens with zero attached hydrogens (tertiary/aromatic N) is 2. The molecule has 1 aromatic rings. The Hall–Kier alpha value is -1.40. The largest absolute Gasteiger partial charge is 0.360 e. The van der Waals surface area contributed by atoms with E-state index in [2.05, 4.69) is 15.4 Å². The highest BCUT2D eigenvalue weighted by Gasteiger charge is 2.38. The number of amides is 1. The number of carbonyl (C=O) groups is 1. The summed E-state index contributed by atoms with van der Waals surface area (Å²) in [4.78, 5) is 14.3. The SMILES string of the molecule is Cc1cc(NC(=O)CCN2CC3CCCC(N)C3C2)no1. The minimum atomic E-state index is -0.0116. The summed E-state index contributed by atoms with van der Waals surface area (Å²) in [7, 11) is 0. The van der Waals surface area contributed by atoms with Crippen LogP contribution < -0.4 is 11.1 Å². The summed E-state index contributed by atoms with van der Waals surface area (Å²) < 4.78 is 4.93. The van der Waals surface area contributed by atoms with Crippen LogP contribution in [0.2, 0.25) is 0 Å². The first-order chi connectivity index (χ1) is 10.1. The molecule has 21 heavy (non-hydrogen) atoms. The highest BCUT2D eigenvalue weighted by molar-refractivity contribution is 5.89. The molecule has 116 valence electrons. The maximum absolute atomic E-state index is 11.9. The van der Waals surface area contributed by atoms with Gasteiger partial charge < -0.3 is 20.5 Å². The van der Waals surface area contributed by atoms with Crippen molar-refractivity contribution in [3.05, 3.63) is 11.8 Å². The average molecular weight is 292 g/mol. The second kappa shape index (κ2) is 6.15. The second-order valence-corrected chi connectivity index (χ2v) is 6.40. The standard InChI is InChI=1S/C15H24N4O2/c1-10-7-14(18-21-10)17-15(20)5-6-19-8-11-3-2-4-13(16)12(11)9-19/h7,11-13H,2-6,8-9,16H2,1H3,(H,17,18,20). The number of hydrogen-bond donors (Lipinski definition) is 2. The van der Waals surface area contributed by atoms with Gasteiger partial charge in [-0.1, -0.05) is 11.6 Å².